The number of carbonyl (C=O) groups excluding carboxylic acids is 2. The van der Waals surface area contributed by atoms with Gasteiger partial charge in [-0.2, -0.15) is 9.36 Å². The molecule has 1 aromatic rings. The Bertz CT molecular complexity index is 1040. The van der Waals surface area contributed by atoms with E-state index < -0.39 is 29.2 Å². The first kappa shape index (κ1) is 23.6. The minimum atomic E-state index is -1.23. The first-order valence-electron chi connectivity index (χ1n) is 8.83. The van der Waals surface area contributed by atoms with Gasteiger partial charge >= 0.3 is 5.97 Å². The molecule has 1 saturated heterocycles. The van der Waals surface area contributed by atoms with Gasteiger partial charge in [-0.05, 0) is 5.41 Å². The van der Waals surface area contributed by atoms with Gasteiger partial charge < -0.3 is 26.7 Å². The van der Waals surface area contributed by atoms with Gasteiger partial charge in [0.15, 0.2) is 5.13 Å². The van der Waals surface area contributed by atoms with Gasteiger partial charge in [0.05, 0.1) is 12.9 Å². The third-order valence-electron chi connectivity index (χ3n) is 4.10. The number of aromatic nitrogens is 2. The number of nitrogens with one attached hydrogen (secondary N) is 1. The van der Waals surface area contributed by atoms with Crippen LogP contribution in [0.25, 0.3) is 0 Å². The van der Waals surface area contributed by atoms with Crippen LogP contribution in [0, 0.1) is 0 Å². The predicted molar refractivity (Wildman–Crippen MR) is 122 cm³/mol. The fraction of sp³-hybridized carbons (Fsp3) is 0.312. The van der Waals surface area contributed by atoms with Crippen LogP contribution in [0.15, 0.2) is 32.2 Å². The third-order valence-corrected chi connectivity index (χ3v) is 7.05. The fourth-order valence-electron chi connectivity index (χ4n) is 2.79. The molecular weight excluding hydrogens is 480 g/mol. The van der Waals surface area contributed by atoms with E-state index in [1.807, 2.05) is 0 Å². The van der Waals surface area contributed by atoms with Crippen molar-refractivity contribution >= 4 is 70.0 Å². The summed E-state index contributed by atoms with van der Waals surface area (Å²) in [6, 6.07) is -0.944. The number of fused-ring (bicyclic) bond motifs is 1. The highest BCUT2D eigenvalue weighted by Gasteiger charge is 2.54. The average molecular weight is 499 g/mol. The van der Waals surface area contributed by atoms with Gasteiger partial charge in [-0.3, -0.25) is 19.5 Å². The smallest absolute Gasteiger partial charge is 0.353 e. The van der Waals surface area contributed by atoms with Crippen LogP contribution in [0.5, 0.6) is 0 Å². The molecule has 1 fully saturated rings. The largest absolute Gasteiger partial charge is 0.477 e. The molecule has 2 aliphatic heterocycles. The van der Waals surface area contributed by atoms with Crippen LogP contribution in [-0.4, -0.2) is 80.0 Å². The number of oxime groups is 1. The summed E-state index contributed by atoms with van der Waals surface area (Å²) in [5.74, 6) is -2.21. The molecule has 32 heavy (non-hydrogen) atoms. The van der Waals surface area contributed by atoms with Gasteiger partial charge in [-0.15, -0.1) is 11.8 Å². The first-order valence-corrected chi connectivity index (χ1v) is 11.5. The van der Waals surface area contributed by atoms with Crippen LogP contribution < -0.4 is 16.8 Å². The van der Waals surface area contributed by atoms with E-state index in [2.05, 4.69) is 29.7 Å². The monoisotopic (exact) mass is 498 g/mol. The number of nitrogens with two attached hydrogens (primary N) is 2. The number of anilines is 1. The van der Waals surface area contributed by atoms with Crippen molar-refractivity contribution in [3.63, 3.8) is 0 Å². The summed E-state index contributed by atoms with van der Waals surface area (Å²) in [5, 5.41) is 17.1. The number of aliphatic imine (C=N–C) groups is 1. The Kier molecular flexibility index (Phi) is 7.70. The number of amides is 2. The lowest BCUT2D eigenvalue weighted by molar-refractivity contribution is -0.150. The van der Waals surface area contributed by atoms with Gasteiger partial charge in [0.25, 0.3) is 11.8 Å². The van der Waals surface area contributed by atoms with Gasteiger partial charge in [-0.1, -0.05) is 23.0 Å². The van der Waals surface area contributed by atoms with E-state index in [1.165, 1.54) is 41.9 Å². The van der Waals surface area contributed by atoms with E-state index in [9.17, 15) is 19.5 Å². The van der Waals surface area contributed by atoms with E-state index in [0.29, 0.717) is 17.2 Å². The molecule has 0 bridgehead atoms. The second-order valence-corrected chi connectivity index (χ2v) is 8.91. The van der Waals surface area contributed by atoms with Crippen LogP contribution in [0.3, 0.4) is 0 Å². The number of β-lactam (4-membered cyclic amide) rings is 1. The van der Waals surface area contributed by atoms with Crippen molar-refractivity contribution in [1.82, 2.24) is 19.6 Å². The Balaban J connectivity index is 1.74. The number of carboxylic acid groups (broad SMARTS) is 1. The summed E-state index contributed by atoms with van der Waals surface area (Å²) in [4.78, 5) is 51.4. The maximum atomic E-state index is 12.7. The number of nitrogens with zero attached hydrogens (tertiary/aromatic N) is 5. The quantitative estimate of drug-likeness (QED) is 0.147. The molecule has 13 nitrogen and oxygen atoms in total. The third kappa shape index (κ3) is 4.86. The summed E-state index contributed by atoms with van der Waals surface area (Å²) >= 11 is 3.40. The number of rotatable bonds is 9. The van der Waals surface area contributed by atoms with Gasteiger partial charge in [-0.25, -0.2) is 4.79 Å². The molecule has 6 N–H and O–H groups in total. The average Bonchev–Trinajstić information content (AvgIpc) is 3.20. The Morgan fingerprint density at radius 3 is 2.91 bits per heavy atom. The SMILES string of the molecule is CO/N=C(\C(=O)NC1C(=O)N2C(C(=O)O)=C(S/C=C\CN=CN)CS[C@H]12)c1nsc(N)n1. The summed E-state index contributed by atoms with van der Waals surface area (Å²) in [7, 11) is 1.25. The standard InChI is InChI=1S/C16H18N8O5S3/c1-29-22-8(11-21-16(18)32-23-11)12(25)20-9-13(26)24-10(15(27)28)7(5-31-14(9)24)30-4-2-3-19-6-17/h2,4,6,9,14H,3,5H2,1H3,(H2,17,19)(H,20,25)(H,27,28)(H2,18,21,23)/b4-2-,22-8-/t9?,14-/m1/s1. The lowest BCUT2D eigenvalue weighted by Gasteiger charge is -2.49. The molecule has 1 aromatic heterocycles. The Morgan fingerprint density at radius 2 is 2.28 bits per heavy atom. The summed E-state index contributed by atoms with van der Waals surface area (Å²) in [6.07, 6.45) is 2.89. The molecule has 2 amide bonds. The highest BCUT2D eigenvalue weighted by Crippen LogP contribution is 2.43. The molecule has 0 radical (unpaired) electrons. The first-order chi connectivity index (χ1) is 15.4. The maximum Gasteiger partial charge on any atom is 0.353 e. The van der Waals surface area contributed by atoms with Crippen molar-refractivity contribution in [2.75, 3.05) is 25.1 Å². The molecule has 1 unspecified atom stereocenters. The zero-order valence-corrected chi connectivity index (χ0v) is 18.9. The van der Waals surface area contributed by atoms with E-state index in [1.54, 1.807) is 11.5 Å². The van der Waals surface area contributed by atoms with Crippen LogP contribution in [0.1, 0.15) is 5.82 Å². The minimum absolute atomic E-state index is 0.0395. The topological polar surface area (TPSA) is 198 Å². The van der Waals surface area contributed by atoms with Crippen molar-refractivity contribution in [2.45, 2.75) is 11.4 Å². The normalized spacial score (nSPS) is 21.1. The molecule has 0 saturated carbocycles. The predicted octanol–water partition coefficient (Wildman–Crippen LogP) is -0.599. The van der Waals surface area contributed by atoms with Gasteiger partial charge in [0.1, 0.15) is 24.2 Å². The van der Waals surface area contributed by atoms with E-state index in [-0.39, 0.29) is 22.4 Å². The summed E-state index contributed by atoms with van der Waals surface area (Å²) in [6.45, 7) is 0.358. The molecular formula is C16H18N8O5S3. The number of carbonyl (C=O) groups is 3. The Morgan fingerprint density at radius 1 is 1.50 bits per heavy atom. The van der Waals surface area contributed by atoms with Crippen LogP contribution in [0.4, 0.5) is 5.13 Å². The Labute approximate surface area is 194 Å². The fourth-order valence-corrected chi connectivity index (χ4v) is 5.54. The number of hydrogen-bond acceptors (Lipinski definition) is 12. The van der Waals surface area contributed by atoms with Gasteiger partial charge in [0.2, 0.25) is 11.5 Å². The summed E-state index contributed by atoms with van der Waals surface area (Å²) < 4.78 is 3.92. The van der Waals surface area contributed by atoms with Crippen LogP contribution >= 0.6 is 35.1 Å². The van der Waals surface area contributed by atoms with Crippen molar-refractivity contribution < 1.29 is 24.3 Å². The molecule has 0 aromatic carbocycles. The molecule has 3 heterocycles. The van der Waals surface area contributed by atoms with E-state index in [0.717, 1.165) is 11.5 Å². The second-order valence-electron chi connectivity index (χ2n) is 6.02. The highest BCUT2D eigenvalue weighted by atomic mass is 32.2. The molecule has 2 aliphatic rings. The van der Waals surface area contributed by atoms with Crippen molar-refractivity contribution in [2.24, 2.45) is 15.9 Å². The van der Waals surface area contributed by atoms with E-state index >= 15 is 0 Å². The van der Waals surface area contributed by atoms with Crippen LogP contribution in [0.2, 0.25) is 0 Å². The van der Waals surface area contributed by atoms with Crippen molar-refractivity contribution in [3.05, 3.63) is 27.9 Å². The second kappa shape index (κ2) is 10.5. The summed E-state index contributed by atoms with van der Waals surface area (Å²) in [5.41, 5.74) is 10.4. The number of carboxylic acids is 1. The van der Waals surface area contributed by atoms with Crippen LogP contribution in [-0.2, 0) is 19.2 Å². The highest BCUT2D eigenvalue weighted by molar-refractivity contribution is 8.08. The zero-order chi connectivity index (χ0) is 23.3. The molecule has 3 rings (SSSR count). The Hall–Kier alpha value is -3.11. The van der Waals surface area contributed by atoms with Crippen molar-refractivity contribution in [1.29, 1.82) is 0 Å². The lowest BCUT2D eigenvalue weighted by atomic mass is 10.0. The molecule has 0 spiro atoms. The molecule has 0 aliphatic carbocycles. The number of aliphatic carboxylic acids is 1. The minimum Gasteiger partial charge on any atom is -0.477 e. The lowest BCUT2D eigenvalue weighted by Crippen LogP contribution is -2.71. The molecule has 16 heteroatoms. The van der Waals surface area contributed by atoms with Crippen molar-refractivity contribution in [3.8, 4) is 0 Å². The van der Waals surface area contributed by atoms with E-state index in [4.69, 9.17) is 11.5 Å². The zero-order valence-electron chi connectivity index (χ0n) is 16.5. The van der Waals surface area contributed by atoms with Gasteiger partial charge in [0, 0.05) is 22.2 Å². The number of thioether (sulfide) groups is 2. The molecule has 170 valence electrons. The number of hydrogen-bond donors (Lipinski definition) is 4. The molecule has 2 atom stereocenters. The number of nitrogen functional groups attached to an aromatic ring is 1. The maximum absolute atomic E-state index is 12.7.